The van der Waals surface area contributed by atoms with E-state index in [1.165, 1.54) is 11.1 Å². The van der Waals surface area contributed by atoms with Crippen LogP contribution in [-0.4, -0.2) is 42.9 Å². The highest BCUT2D eigenvalue weighted by molar-refractivity contribution is 5.71. The number of nitrogens with zero attached hydrogens (tertiary/aromatic N) is 1. The van der Waals surface area contributed by atoms with Gasteiger partial charge in [-0.1, -0.05) is 0 Å². The summed E-state index contributed by atoms with van der Waals surface area (Å²) < 4.78 is 11.3. The number of aliphatic hydroxyl groups is 1. The maximum atomic E-state index is 10.4. The van der Waals surface area contributed by atoms with Crippen molar-refractivity contribution in [2.24, 2.45) is 5.92 Å². The molecule has 4 nitrogen and oxygen atoms in total. The van der Waals surface area contributed by atoms with Crippen molar-refractivity contribution in [3.8, 4) is 17.2 Å². The molecule has 2 heterocycles. The molecule has 2 bridgehead atoms. The molecular weight excluding hydrogens is 278 g/mol. The first-order valence-corrected chi connectivity index (χ1v) is 8.44. The van der Waals surface area contributed by atoms with Crippen LogP contribution in [0.15, 0.2) is 6.07 Å². The molecule has 1 aromatic carbocycles. The van der Waals surface area contributed by atoms with Crippen LogP contribution in [0.5, 0.6) is 17.2 Å². The minimum atomic E-state index is -0.165. The van der Waals surface area contributed by atoms with Crippen LogP contribution in [0, 0.1) is 5.92 Å². The number of methoxy groups -OCH3 is 1. The van der Waals surface area contributed by atoms with E-state index in [2.05, 4.69) is 18.0 Å². The highest BCUT2D eigenvalue weighted by Gasteiger charge is 2.56. The number of hydrogen-bond acceptors (Lipinski definition) is 4. The Morgan fingerprint density at radius 3 is 3.05 bits per heavy atom. The van der Waals surface area contributed by atoms with Gasteiger partial charge in [-0.3, -0.25) is 0 Å². The summed E-state index contributed by atoms with van der Waals surface area (Å²) >= 11 is 0. The second-order valence-electron chi connectivity index (χ2n) is 7.57. The summed E-state index contributed by atoms with van der Waals surface area (Å²) in [5.41, 5.74) is 2.92. The summed E-state index contributed by atoms with van der Waals surface area (Å²) in [7, 11) is 3.97. The average molecular weight is 301 g/mol. The average Bonchev–Trinajstić information content (AvgIpc) is 3.30. The summed E-state index contributed by atoms with van der Waals surface area (Å²) in [5, 5.41) is 10.4. The van der Waals surface area contributed by atoms with Gasteiger partial charge < -0.3 is 19.5 Å². The fraction of sp³-hybridized carbons (Fsp3) is 0.667. The van der Waals surface area contributed by atoms with Crippen molar-refractivity contribution in [2.45, 2.75) is 49.7 Å². The summed E-state index contributed by atoms with van der Waals surface area (Å²) in [5.74, 6) is 3.53. The van der Waals surface area contributed by atoms with Crippen molar-refractivity contribution in [3.05, 3.63) is 17.2 Å². The van der Waals surface area contributed by atoms with E-state index in [0.29, 0.717) is 12.0 Å². The topological polar surface area (TPSA) is 45.2 Å². The Balaban J connectivity index is 1.73. The molecule has 0 amide bonds. The molecule has 0 spiro atoms. The molecule has 0 radical (unpaired) electrons. The van der Waals surface area contributed by atoms with E-state index in [9.17, 15) is 5.11 Å². The highest BCUT2D eigenvalue weighted by Crippen LogP contribution is 2.64. The second-order valence-corrected chi connectivity index (χ2v) is 7.57. The molecule has 118 valence electrons. The quantitative estimate of drug-likeness (QED) is 0.822. The van der Waals surface area contributed by atoms with Crippen molar-refractivity contribution in [2.75, 3.05) is 20.7 Å². The fourth-order valence-corrected chi connectivity index (χ4v) is 5.61. The lowest BCUT2D eigenvalue weighted by Gasteiger charge is -2.58. The van der Waals surface area contributed by atoms with Gasteiger partial charge in [0, 0.05) is 17.0 Å². The summed E-state index contributed by atoms with van der Waals surface area (Å²) in [4.78, 5) is 2.53. The van der Waals surface area contributed by atoms with Gasteiger partial charge in [0.15, 0.2) is 11.5 Å². The van der Waals surface area contributed by atoms with Crippen molar-refractivity contribution in [1.29, 1.82) is 0 Å². The normalized spacial score (nSPS) is 38.4. The molecule has 1 aromatic rings. The standard InChI is InChI=1S/C18H23NO3/c1-19-6-5-18-9-10(20)3-4-12(18)14(19)7-11-13(18)8-15(21-2)17-16(11)22-17/h8,10,12,14,20H,3-7,9H2,1-2H3/t10?,12-,14+,18-/m0/s1. The van der Waals surface area contributed by atoms with Crippen LogP contribution in [0.4, 0.5) is 0 Å². The second kappa shape index (κ2) is 4.18. The molecule has 5 rings (SSSR count). The van der Waals surface area contributed by atoms with Crippen LogP contribution in [0.1, 0.15) is 36.8 Å². The van der Waals surface area contributed by atoms with Crippen LogP contribution in [-0.2, 0) is 11.8 Å². The number of aliphatic hydroxyl groups excluding tert-OH is 1. The lowest BCUT2D eigenvalue weighted by molar-refractivity contribution is -0.0393. The molecule has 22 heavy (non-hydrogen) atoms. The Kier molecular flexibility index (Phi) is 2.51. The number of benzene rings is 1. The van der Waals surface area contributed by atoms with Crippen LogP contribution < -0.4 is 9.47 Å². The number of ether oxygens (including phenoxy) is 2. The van der Waals surface area contributed by atoms with Crippen molar-refractivity contribution >= 4 is 0 Å². The summed E-state index contributed by atoms with van der Waals surface area (Å²) in [6.45, 7) is 1.12. The number of likely N-dealkylation sites (N-methyl/N-ethyl adjacent to an activating group) is 1. The molecule has 4 heteroatoms. The predicted molar refractivity (Wildman–Crippen MR) is 82.8 cm³/mol. The van der Waals surface area contributed by atoms with E-state index in [-0.39, 0.29) is 11.5 Å². The van der Waals surface area contributed by atoms with E-state index in [1.807, 2.05) is 0 Å². The van der Waals surface area contributed by atoms with Crippen LogP contribution in [0.3, 0.4) is 0 Å². The van der Waals surface area contributed by atoms with Crippen molar-refractivity contribution in [1.82, 2.24) is 4.90 Å². The number of fused-ring (bicyclic) bond motifs is 3. The minimum Gasteiger partial charge on any atom is -0.493 e. The van der Waals surface area contributed by atoms with Gasteiger partial charge in [-0.25, -0.2) is 0 Å². The number of rotatable bonds is 1. The lowest BCUT2D eigenvalue weighted by atomic mass is 9.52. The van der Waals surface area contributed by atoms with Crippen molar-refractivity contribution in [3.63, 3.8) is 0 Å². The molecule has 1 unspecified atom stereocenters. The zero-order chi connectivity index (χ0) is 15.1. The van der Waals surface area contributed by atoms with E-state index < -0.39 is 0 Å². The molecule has 2 fully saturated rings. The van der Waals surface area contributed by atoms with E-state index in [4.69, 9.17) is 9.47 Å². The first-order chi connectivity index (χ1) is 10.6. The smallest absolute Gasteiger partial charge is 0.212 e. The molecule has 2 aliphatic carbocycles. The zero-order valence-electron chi connectivity index (χ0n) is 13.3. The molecule has 1 saturated carbocycles. The third kappa shape index (κ3) is 1.50. The van der Waals surface area contributed by atoms with Crippen molar-refractivity contribution < 1.29 is 14.6 Å². The van der Waals surface area contributed by atoms with Gasteiger partial charge in [-0.15, -0.1) is 0 Å². The lowest BCUT2D eigenvalue weighted by Crippen LogP contribution is -2.61. The molecule has 1 N–H and O–H groups in total. The maximum absolute atomic E-state index is 10.4. The number of hydrogen-bond donors (Lipinski definition) is 1. The van der Waals surface area contributed by atoms with Gasteiger partial charge in [0.2, 0.25) is 5.75 Å². The molecule has 4 aliphatic rings. The van der Waals surface area contributed by atoms with Gasteiger partial charge in [0.25, 0.3) is 0 Å². The van der Waals surface area contributed by atoms with E-state index in [1.54, 1.807) is 7.11 Å². The van der Waals surface area contributed by atoms with E-state index >= 15 is 0 Å². The molecular formula is C18H23NO3. The third-order valence-electron chi connectivity index (χ3n) is 6.70. The largest absolute Gasteiger partial charge is 0.493 e. The SMILES string of the molecule is COc1cc2c(c3c1O3)C[C@@H]1[C@@H]3CCC(O)C[C@]23CCN1C. The van der Waals surface area contributed by atoms with Gasteiger partial charge >= 0.3 is 0 Å². The maximum Gasteiger partial charge on any atom is 0.212 e. The predicted octanol–water partition coefficient (Wildman–Crippen LogP) is 2.46. The van der Waals surface area contributed by atoms with Crippen LogP contribution >= 0.6 is 0 Å². The van der Waals surface area contributed by atoms with E-state index in [0.717, 1.165) is 55.9 Å². The molecule has 1 saturated heterocycles. The van der Waals surface area contributed by atoms with Gasteiger partial charge in [0.05, 0.1) is 13.2 Å². The fourth-order valence-electron chi connectivity index (χ4n) is 5.61. The first kappa shape index (κ1) is 13.2. The Labute approximate surface area is 131 Å². The van der Waals surface area contributed by atoms with Gasteiger partial charge in [-0.2, -0.15) is 0 Å². The Bertz CT molecular complexity index is 658. The Hall–Kier alpha value is -1.26. The van der Waals surface area contributed by atoms with Crippen LogP contribution in [0.2, 0.25) is 0 Å². The summed E-state index contributed by atoms with van der Waals surface area (Å²) in [6.07, 6.45) is 5.04. The zero-order valence-corrected chi connectivity index (χ0v) is 13.3. The van der Waals surface area contributed by atoms with Gasteiger partial charge in [0.1, 0.15) is 0 Å². The third-order valence-corrected chi connectivity index (χ3v) is 6.70. The van der Waals surface area contributed by atoms with Gasteiger partial charge in [-0.05, 0) is 63.2 Å². The molecule has 0 aromatic heterocycles. The summed E-state index contributed by atoms with van der Waals surface area (Å²) in [6, 6.07) is 2.81. The Morgan fingerprint density at radius 1 is 1.36 bits per heavy atom. The van der Waals surface area contributed by atoms with Crippen LogP contribution in [0.25, 0.3) is 0 Å². The monoisotopic (exact) mass is 301 g/mol. The molecule has 2 aliphatic heterocycles. The first-order valence-electron chi connectivity index (χ1n) is 8.44. The number of piperidine rings is 1. The number of likely N-dealkylation sites (tertiary alicyclic amines) is 1. The minimum absolute atomic E-state index is 0.122. The molecule has 4 atom stereocenters. The highest BCUT2D eigenvalue weighted by atomic mass is 16.6. The Morgan fingerprint density at radius 2 is 2.23 bits per heavy atom.